The third kappa shape index (κ3) is 5.98. The van der Waals surface area contributed by atoms with Crippen LogP contribution < -0.4 is 0 Å². The molecule has 100 valence electrons. The molecule has 0 radical (unpaired) electrons. The van der Waals surface area contributed by atoms with E-state index in [-0.39, 0.29) is 12.4 Å². The Hall–Kier alpha value is -1.93. The molecule has 1 aromatic rings. The SMILES string of the molecule is CCO.O=C(C=CC1C=CC=CC1)c1ccccc1. The molecular weight excluding hydrogens is 236 g/mol. The van der Waals surface area contributed by atoms with E-state index in [4.69, 9.17) is 5.11 Å². The second-order valence-electron chi connectivity index (χ2n) is 4.12. The molecule has 0 bridgehead atoms. The van der Waals surface area contributed by atoms with Gasteiger partial charge < -0.3 is 5.11 Å². The predicted molar refractivity (Wildman–Crippen MR) is 79.1 cm³/mol. The van der Waals surface area contributed by atoms with Crippen molar-refractivity contribution in [3.63, 3.8) is 0 Å². The van der Waals surface area contributed by atoms with Gasteiger partial charge in [0.05, 0.1) is 0 Å². The van der Waals surface area contributed by atoms with Crippen molar-refractivity contribution < 1.29 is 9.90 Å². The lowest BCUT2D eigenvalue weighted by Crippen LogP contribution is -1.97. The first-order valence-electron chi connectivity index (χ1n) is 6.49. The molecule has 0 saturated carbocycles. The Morgan fingerprint density at radius 1 is 1.32 bits per heavy atom. The summed E-state index contributed by atoms with van der Waals surface area (Å²) in [6, 6.07) is 9.34. The van der Waals surface area contributed by atoms with E-state index >= 15 is 0 Å². The first-order chi connectivity index (χ1) is 9.27. The van der Waals surface area contributed by atoms with Gasteiger partial charge in [0.1, 0.15) is 0 Å². The van der Waals surface area contributed by atoms with E-state index in [9.17, 15) is 4.79 Å². The van der Waals surface area contributed by atoms with Gasteiger partial charge in [0.2, 0.25) is 0 Å². The second kappa shape index (κ2) is 9.06. The molecule has 1 N–H and O–H groups in total. The summed E-state index contributed by atoms with van der Waals surface area (Å²) in [6.07, 6.45) is 12.9. The topological polar surface area (TPSA) is 37.3 Å². The molecule has 19 heavy (non-hydrogen) atoms. The molecule has 0 fully saturated rings. The molecule has 1 aliphatic rings. The number of hydrogen-bond acceptors (Lipinski definition) is 2. The number of benzene rings is 1. The Labute approximate surface area is 114 Å². The van der Waals surface area contributed by atoms with Gasteiger partial charge in [-0.2, -0.15) is 0 Å². The lowest BCUT2D eigenvalue weighted by Gasteiger charge is -2.06. The van der Waals surface area contributed by atoms with Gasteiger partial charge in [-0.15, -0.1) is 0 Å². The van der Waals surface area contributed by atoms with Crippen molar-refractivity contribution in [1.82, 2.24) is 0 Å². The average molecular weight is 256 g/mol. The maximum Gasteiger partial charge on any atom is 0.185 e. The Kier molecular flexibility index (Phi) is 7.21. The van der Waals surface area contributed by atoms with Gasteiger partial charge in [0, 0.05) is 12.2 Å². The van der Waals surface area contributed by atoms with Crippen LogP contribution in [0.2, 0.25) is 0 Å². The maximum absolute atomic E-state index is 11.8. The zero-order valence-corrected chi connectivity index (χ0v) is 11.2. The summed E-state index contributed by atoms with van der Waals surface area (Å²) in [5.41, 5.74) is 0.745. The van der Waals surface area contributed by atoms with Crippen LogP contribution in [0.3, 0.4) is 0 Å². The summed E-state index contributed by atoms with van der Waals surface area (Å²) in [5.74, 6) is 0.432. The summed E-state index contributed by atoms with van der Waals surface area (Å²) >= 11 is 0. The molecule has 1 aromatic carbocycles. The Morgan fingerprint density at radius 3 is 2.58 bits per heavy atom. The summed E-state index contributed by atoms with van der Waals surface area (Å²) < 4.78 is 0. The van der Waals surface area contributed by atoms with Crippen molar-refractivity contribution in [2.75, 3.05) is 6.61 Å². The van der Waals surface area contributed by atoms with E-state index < -0.39 is 0 Å². The van der Waals surface area contributed by atoms with E-state index in [2.05, 4.69) is 12.2 Å². The number of carbonyl (C=O) groups is 1. The smallest absolute Gasteiger partial charge is 0.185 e. The molecule has 1 atom stereocenters. The van der Waals surface area contributed by atoms with Gasteiger partial charge >= 0.3 is 0 Å². The average Bonchev–Trinajstić information content (AvgIpc) is 2.47. The van der Waals surface area contributed by atoms with Crippen LogP contribution in [0.25, 0.3) is 0 Å². The molecular formula is C17H20O2. The van der Waals surface area contributed by atoms with E-state index in [1.807, 2.05) is 48.6 Å². The van der Waals surface area contributed by atoms with E-state index in [0.717, 1.165) is 12.0 Å². The molecule has 2 rings (SSSR count). The number of allylic oxidation sites excluding steroid dienone is 6. The quantitative estimate of drug-likeness (QED) is 0.663. The number of rotatable bonds is 3. The van der Waals surface area contributed by atoms with Crippen LogP contribution in [0.1, 0.15) is 23.7 Å². The normalized spacial score (nSPS) is 17.1. The van der Waals surface area contributed by atoms with Crippen molar-refractivity contribution in [1.29, 1.82) is 0 Å². The molecule has 0 amide bonds. The minimum Gasteiger partial charge on any atom is -0.397 e. The highest BCUT2D eigenvalue weighted by Gasteiger charge is 2.03. The molecule has 2 nitrogen and oxygen atoms in total. The van der Waals surface area contributed by atoms with Crippen LogP contribution in [-0.2, 0) is 0 Å². The van der Waals surface area contributed by atoms with Crippen LogP contribution in [0.15, 0.2) is 66.8 Å². The van der Waals surface area contributed by atoms with Crippen molar-refractivity contribution in [3.8, 4) is 0 Å². The fourth-order valence-electron chi connectivity index (χ4n) is 1.65. The van der Waals surface area contributed by atoms with Crippen LogP contribution >= 0.6 is 0 Å². The summed E-state index contributed by atoms with van der Waals surface area (Å²) in [6.45, 7) is 1.93. The lowest BCUT2D eigenvalue weighted by molar-refractivity contribution is 0.104. The van der Waals surface area contributed by atoms with Gasteiger partial charge in [-0.05, 0) is 25.3 Å². The Balaban J connectivity index is 0.000000550. The van der Waals surface area contributed by atoms with Crippen molar-refractivity contribution >= 4 is 5.78 Å². The molecule has 1 unspecified atom stereocenters. The third-order valence-electron chi connectivity index (χ3n) is 2.57. The highest BCUT2D eigenvalue weighted by molar-refractivity contribution is 6.04. The predicted octanol–water partition coefficient (Wildman–Crippen LogP) is 3.56. The van der Waals surface area contributed by atoms with Crippen LogP contribution in [0.4, 0.5) is 0 Å². The number of ketones is 1. The van der Waals surface area contributed by atoms with E-state index in [1.54, 1.807) is 13.0 Å². The Morgan fingerprint density at radius 2 is 2.00 bits per heavy atom. The monoisotopic (exact) mass is 256 g/mol. The zero-order chi connectivity index (χ0) is 13.9. The minimum absolute atomic E-state index is 0.0727. The molecule has 0 aliphatic heterocycles. The van der Waals surface area contributed by atoms with Gasteiger partial charge in [0.25, 0.3) is 0 Å². The summed E-state index contributed by atoms with van der Waals surface area (Å²) in [5, 5.41) is 7.57. The number of aliphatic hydroxyl groups excluding tert-OH is 1. The maximum atomic E-state index is 11.8. The van der Waals surface area contributed by atoms with Crippen molar-refractivity contribution in [2.24, 2.45) is 5.92 Å². The second-order valence-corrected chi connectivity index (χ2v) is 4.12. The van der Waals surface area contributed by atoms with Crippen molar-refractivity contribution in [2.45, 2.75) is 13.3 Å². The van der Waals surface area contributed by atoms with Gasteiger partial charge in [-0.25, -0.2) is 0 Å². The van der Waals surface area contributed by atoms with Crippen molar-refractivity contribution in [3.05, 3.63) is 72.4 Å². The first kappa shape index (κ1) is 15.1. The molecule has 1 aliphatic carbocycles. The molecule has 0 aromatic heterocycles. The zero-order valence-electron chi connectivity index (χ0n) is 11.2. The van der Waals surface area contributed by atoms with Crippen LogP contribution in [0.5, 0.6) is 0 Å². The summed E-state index contributed by atoms with van der Waals surface area (Å²) in [4.78, 5) is 11.8. The fraction of sp³-hybridized carbons (Fsp3) is 0.235. The Bertz CT molecular complexity index is 455. The molecule has 0 saturated heterocycles. The van der Waals surface area contributed by atoms with Gasteiger partial charge in [-0.3, -0.25) is 4.79 Å². The van der Waals surface area contributed by atoms with Crippen LogP contribution in [0, 0.1) is 5.92 Å². The molecule has 0 heterocycles. The van der Waals surface area contributed by atoms with Crippen LogP contribution in [-0.4, -0.2) is 17.5 Å². The standard InChI is InChI=1S/C15H14O.C2H6O/c16-15(14-9-5-2-6-10-14)12-11-13-7-3-1-4-8-13;1-2-3/h1-7,9-13H,8H2;3H,2H2,1H3. The highest BCUT2D eigenvalue weighted by atomic mass is 16.2. The van der Waals surface area contributed by atoms with Gasteiger partial charge in [0.15, 0.2) is 5.78 Å². The largest absolute Gasteiger partial charge is 0.397 e. The number of aliphatic hydroxyl groups is 1. The third-order valence-corrected chi connectivity index (χ3v) is 2.57. The van der Waals surface area contributed by atoms with Gasteiger partial charge in [-0.1, -0.05) is 60.7 Å². The fourth-order valence-corrected chi connectivity index (χ4v) is 1.65. The minimum atomic E-state index is 0.0727. The number of carbonyl (C=O) groups excluding carboxylic acids is 1. The molecule has 0 spiro atoms. The lowest BCUT2D eigenvalue weighted by atomic mass is 9.99. The summed E-state index contributed by atoms with van der Waals surface area (Å²) in [7, 11) is 0. The highest BCUT2D eigenvalue weighted by Crippen LogP contribution is 2.13. The molecule has 2 heteroatoms. The first-order valence-corrected chi connectivity index (χ1v) is 6.49. The van der Waals surface area contributed by atoms with E-state index in [0.29, 0.717) is 5.92 Å². The number of hydrogen-bond donors (Lipinski definition) is 1. The van der Waals surface area contributed by atoms with E-state index in [1.165, 1.54) is 0 Å².